The summed E-state index contributed by atoms with van der Waals surface area (Å²) in [6, 6.07) is 7.09. The molecule has 3 fully saturated rings. The van der Waals surface area contributed by atoms with Gasteiger partial charge in [-0.1, -0.05) is 60.1 Å². The molecule has 11 unspecified atom stereocenters. The highest BCUT2D eigenvalue weighted by Gasteiger charge is 2.52. The van der Waals surface area contributed by atoms with Crippen LogP contribution < -0.4 is 19.5 Å². The average molecular weight is 970 g/mol. The van der Waals surface area contributed by atoms with E-state index >= 15 is 0 Å². The molecule has 2 aromatic carbocycles. The molecule has 67 heavy (non-hydrogen) atoms. The van der Waals surface area contributed by atoms with Gasteiger partial charge in [0.1, 0.15) is 6.79 Å². The van der Waals surface area contributed by atoms with E-state index in [1.54, 1.807) is 18.2 Å². The second kappa shape index (κ2) is 24.5. The highest BCUT2D eigenvalue weighted by Crippen LogP contribution is 2.57. The maximum atomic E-state index is 11.9. The predicted octanol–water partition coefficient (Wildman–Crippen LogP) is 8.23. The molecule has 0 amide bonds. The fraction of sp³-hybridized carbons (Fsp3) is 0.736. The van der Waals surface area contributed by atoms with Crippen molar-refractivity contribution in [3.05, 3.63) is 41.0 Å². The Morgan fingerprint density at radius 3 is 2.37 bits per heavy atom. The van der Waals surface area contributed by atoms with Crippen LogP contribution >= 0.6 is 21.6 Å². The molecule has 11 atom stereocenters. The summed E-state index contributed by atoms with van der Waals surface area (Å²) in [5, 5.41) is 81.5. The highest BCUT2D eigenvalue weighted by molar-refractivity contribution is 8.76. The second-order valence-corrected chi connectivity index (χ2v) is 23.2. The number of aryl methyl sites for hydroxylation is 1. The molecule has 2 aliphatic heterocycles. The predicted molar refractivity (Wildman–Crippen MR) is 265 cm³/mol. The Morgan fingerprint density at radius 2 is 1.64 bits per heavy atom. The average Bonchev–Trinajstić information content (AvgIpc) is 3.40. The van der Waals surface area contributed by atoms with Crippen LogP contribution in [0.2, 0.25) is 0 Å². The van der Waals surface area contributed by atoms with E-state index in [1.807, 2.05) is 6.07 Å². The van der Waals surface area contributed by atoms with Gasteiger partial charge in [0, 0.05) is 41.9 Å². The summed E-state index contributed by atoms with van der Waals surface area (Å²) in [5.41, 5.74) is 1.77. The number of rotatable bonds is 13. The number of phenolic OH excluding ortho intramolecular Hbond substituents is 2. The molecule has 7 rings (SSSR count). The Bertz CT molecular complexity index is 1930. The number of aromatic hydroxyl groups is 2. The van der Waals surface area contributed by atoms with Gasteiger partial charge in [0.2, 0.25) is 5.75 Å². The highest BCUT2D eigenvalue weighted by atomic mass is 33.1. The van der Waals surface area contributed by atoms with Crippen molar-refractivity contribution in [2.45, 2.75) is 164 Å². The molecule has 374 valence electrons. The smallest absolute Gasteiger partial charge is 0.200 e. The number of benzene rings is 2. The standard InChI is InChI=1S/C53H79NO11S2/c1-34-9-12-38(15-20-52(61)17-5-4-6-18-52)53(30-34)19-7-8-21-54-31-37-11-14-40(27-43(37)53)65-47-26-36-10-13-39(64-33-56)28-44(57)42(23-35-24-48(62-2)51(60)49(25-35)63-3)46(59)32-66-67-50(16-22-55)41(36)29-45(47)58/h24-26,29,34,37-40,42-44,46,50,54-61H,4-6,8-18,20-23,27-28,30-33H2,1-3H3. The van der Waals surface area contributed by atoms with Crippen molar-refractivity contribution in [2.24, 2.45) is 35.0 Å². The lowest BCUT2D eigenvalue weighted by molar-refractivity contribution is -0.0808. The number of methoxy groups -OCH3 is 2. The number of phenols is 2. The normalized spacial score (nSPS) is 32.8. The summed E-state index contributed by atoms with van der Waals surface area (Å²) in [6.45, 7) is 3.60. The third-order valence-corrected chi connectivity index (χ3v) is 19.0. The molecule has 1 spiro atoms. The summed E-state index contributed by atoms with van der Waals surface area (Å²) in [7, 11) is 5.88. The summed E-state index contributed by atoms with van der Waals surface area (Å²) in [5.74, 6) is 9.80. The number of hydrogen-bond acceptors (Lipinski definition) is 14. The van der Waals surface area contributed by atoms with Crippen molar-refractivity contribution in [3.8, 4) is 40.6 Å². The van der Waals surface area contributed by atoms with E-state index in [4.69, 9.17) is 18.9 Å². The van der Waals surface area contributed by atoms with E-state index in [0.717, 1.165) is 101 Å². The zero-order valence-corrected chi connectivity index (χ0v) is 41.8. The quantitative estimate of drug-likeness (QED) is 0.0544. The molecule has 8 N–H and O–H groups in total. The van der Waals surface area contributed by atoms with Crippen LogP contribution in [0.25, 0.3) is 0 Å². The molecule has 12 nitrogen and oxygen atoms in total. The van der Waals surface area contributed by atoms with Crippen molar-refractivity contribution in [1.82, 2.24) is 5.32 Å². The number of aliphatic hydroxyl groups is 5. The van der Waals surface area contributed by atoms with Crippen LogP contribution in [-0.2, 0) is 17.6 Å². The first-order valence-electron chi connectivity index (χ1n) is 25.3. The molecule has 2 heterocycles. The van der Waals surface area contributed by atoms with E-state index in [0.29, 0.717) is 54.2 Å². The summed E-state index contributed by atoms with van der Waals surface area (Å²) in [4.78, 5) is 0. The van der Waals surface area contributed by atoms with E-state index < -0.39 is 36.6 Å². The first-order valence-corrected chi connectivity index (χ1v) is 27.6. The molecule has 5 aliphatic rings. The minimum Gasteiger partial charge on any atom is -0.504 e. The third kappa shape index (κ3) is 13.0. The molecular weight excluding hydrogens is 891 g/mol. The molecule has 3 saturated carbocycles. The lowest BCUT2D eigenvalue weighted by atomic mass is 9.51. The lowest BCUT2D eigenvalue weighted by Gasteiger charge is -2.53. The van der Waals surface area contributed by atoms with Gasteiger partial charge in [0.25, 0.3) is 0 Å². The van der Waals surface area contributed by atoms with Gasteiger partial charge in [-0.05, 0) is 161 Å². The Labute approximate surface area is 407 Å². The van der Waals surface area contributed by atoms with Crippen molar-refractivity contribution < 1.29 is 54.7 Å². The monoisotopic (exact) mass is 970 g/mol. The van der Waals surface area contributed by atoms with Gasteiger partial charge in [-0.2, -0.15) is 0 Å². The fourth-order valence-corrected chi connectivity index (χ4v) is 15.4. The molecule has 2 aromatic rings. The van der Waals surface area contributed by atoms with Crippen molar-refractivity contribution in [3.63, 3.8) is 0 Å². The van der Waals surface area contributed by atoms with E-state index in [2.05, 4.69) is 24.1 Å². The molecule has 0 radical (unpaired) electrons. The van der Waals surface area contributed by atoms with Crippen molar-refractivity contribution in [1.29, 1.82) is 0 Å². The van der Waals surface area contributed by atoms with E-state index in [-0.39, 0.29) is 65.0 Å². The maximum absolute atomic E-state index is 11.9. The Kier molecular flexibility index (Phi) is 19.1. The largest absolute Gasteiger partial charge is 0.504 e. The first kappa shape index (κ1) is 52.2. The van der Waals surface area contributed by atoms with Crippen LogP contribution in [0.3, 0.4) is 0 Å². The third-order valence-electron chi connectivity index (χ3n) is 16.2. The number of ether oxygens (including phenoxy) is 4. The molecule has 0 aromatic heterocycles. The molecule has 0 bridgehead atoms. The van der Waals surface area contributed by atoms with Gasteiger partial charge in [-0.25, -0.2) is 0 Å². The topological polar surface area (TPSA) is 191 Å². The number of hydrogen-bond donors (Lipinski definition) is 8. The second-order valence-electron chi connectivity index (χ2n) is 20.6. The van der Waals surface area contributed by atoms with Crippen LogP contribution in [0, 0.1) is 46.8 Å². The van der Waals surface area contributed by atoms with Crippen molar-refractivity contribution >= 4 is 21.6 Å². The fourth-order valence-electron chi connectivity index (χ4n) is 12.5. The summed E-state index contributed by atoms with van der Waals surface area (Å²) >= 11 is 0. The lowest BCUT2D eigenvalue weighted by Crippen LogP contribution is -2.50. The zero-order chi connectivity index (χ0) is 47.6. The Balaban J connectivity index is 1.14. The minimum absolute atomic E-state index is 0.0488. The van der Waals surface area contributed by atoms with Gasteiger partial charge in [-0.15, -0.1) is 5.92 Å². The molecule has 3 aliphatic carbocycles. The van der Waals surface area contributed by atoms with Crippen LogP contribution in [-0.4, -0.2) is 112 Å². The zero-order valence-electron chi connectivity index (χ0n) is 40.1. The maximum Gasteiger partial charge on any atom is 0.200 e. The van der Waals surface area contributed by atoms with Gasteiger partial charge < -0.3 is 60.0 Å². The SMILES string of the molecule is COc1cc(CC2C(O)CSSC(CCO)c3cc(O)c(OC4CCC5CNCCC#CC6(CC(C)CCC6CCC6(O)CCCCC6)C5C4)cc3CCC(OCO)CC2O)cc(OC)c1O. The number of fused-ring (bicyclic) bond motifs is 3. The Hall–Kier alpha value is -2.58. The molecule has 0 saturated heterocycles. The molecular formula is C53H79NO11S2. The van der Waals surface area contributed by atoms with E-state index in [9.17, 15) is 35.7 Å². The van der Waals surface area contributed by atoms with Gasteiger partial charge in [0.05, 0.1) is 44.2 Å². The summed E-state index contributed by atoms with van der Waals surface area (Å²) in [6.07, 6.45) is 13.0. The minimum atomic E-state index is -1.02. The number of nitrogens with one attached hydrogen (secondary N) is 1. The molecule has 14 heteroatoms. The van der Waals surface area contributed by atoms with Crippen LogP contribution in [0.5, 0.6) is 28.7 Å². The first-order chi connectivity index (χ1) is 32.4. The summed E-state index contributed by atoms with van der Waals surface area (Å²) < 4.78 is 23.6. The van der Waals surface area contributed by atoms with Crippen molar-refractivity contribution in [2.75, 3.05) is 46.5 Å². The number of aliphatic hydroxyl groups excluding tert-OH is 4. The van der Waals surface area contributed by atoms with Crippen LogP contribution in [0.4, 0.5) is 0 Å². The van der Waals surface area contributed by atoms with Gasteiger partial charge >= 0.3 is 0 Å². The van der Waals surface area contributed by atoms with Crippen LogP contribution in [0.15, 0.2) is 24.3 Å². The van der Waals surface area contributed by atoms with Gasteiger partial charge in [-0.3, -0.25) is 0 Å². The Morgan fingerprint density at radius 1 is 0.866 bits per heavy atom. The van der Waals surface area contributed by atoms with Crippen LogP contribution in [0.1, 0.15) is 138 Å². The van der Waals surface area contributed by atoms with Gasteiger partial charge in [0.15, 0.2) is 23.0 Å². The van der Waals surface area contributed by atoms with E-state index in [1.165, 1.54) is 48.6 Å².